The van der Waals surface area contributed by atoms with E-state index in [0.29, 0.717) is 12.3 Å². The summed E-state index contributed by atoms with van der Waals surface area (Å²) in [5.74, 6) is 0. The van der Waals surface area contributed by atoms with E-state index in [9.17, 15) is 4.79 Å². The highest BCUT2D eigenvalue weighted by molar-refractivity contribution is 5.89. The molecule has 98 valence electrons. The standard InChI is InChI=1S/C13H19N3O2/c1-9-8-12(6-7-18-9)16-13(17)15-11-4-2-10(14)3-5-11/h2-5,9,12H,6-8,14H2,1H3,(H2,15,16,17). The van der Waals surface area contributed by atoms with E-state index in [1.807, 2.05) is 6.92 Å². The summed E-state index contributed by atoms with van der Waals surface area (Å²) in [5, 5.41) is 5.74. The monoisotopic (exact) mass is 249 g/mol. The van der Waals surface area contributed by atoms with E-state index in [4.69, 9.17) is 10.5 Å². The molecule has 1 aliphatic rings. The van der Waals surface area contributed by atoms with E-state index < -0.39 is 0 Å². The van der Waals surface area contributed by atoms with Crippen molar-refractivity contribution in [1.82, 2.24) is 5.32 Å². The third-order valence-corrected chi connectivity index (χ3v) is 2.99. The maximum absolute atomic E-state index is 11.8. The van der Waals surface area contributed by atoms with Crippen molar-refractivity contribution in [2.75, 3.05) is 17.7 Å². The zero-order chi connectivity index (χ0) is 13.0. The molecule has 1 aromatic rings. The van der Waals surface area contributed by atoms with Crippen LogP contribution in [-0.4, -0.2) is 24.8 Å². The van der Waals surface area contributed by atoms with Crippen LogP contribution < -0.4 is 16.4 Å². The largest absolute Gasteiger partial charge is 0.399 e. The van der Waals surface area contributed by atoms with Crippen molar-refractivity contribution in [3.05, 3.63) is 24.3 Å². The van der Waals surface area contributed by atoms with Gasteiger partial charge in [-0.05, 0) is 44.0 Å². The van der Waals surface area contributed by atoms with Gasteiger partial charge in [0.1, 0.15) is 0 Å². The van der Waals surface area contributed by atoms with Gasteiger partial charge in [0.15, 0.2) is 0 Å². The summed E-state index contributed by atoms with van der Waals surface area (Å²) in [6.07, 6.45) is 1.93. The number of ether oxygens (including phenoxy) is 1. The SMILES string of the molecule is CC1CC(NC(=O)Nc2ccc(N)cc2)CCO1. The number of amides is 2. The Labute approximate surface area is 107 Å². The second kappa shape index (κ2) is 5.73. The van der Waals surface area contributed by atoms with E-state index in [1.165, 1.54) is 0 Å². The van der Waals surface area contributed by atoms with Crippen LogP contribution in [0.5, 0.6) is 0 Å². The first-order valence-corrected chi connectivity index (χ1v) is 6.18. The number of nitrogens with two attached hydrogens (primary N) is 1. The lowest BCUT2D eigenvalue weighted by atomic mass is 10.0. The minimum Gasteiger partial charge on any atom is -0.399 e. The van der Waals surface area contributed by atoms with Crippen LogP contribution >= 0.6 is 0 Å². The van der Waals surface area contributed by atoms with Gasteiger partial charge in [0.2, 0.25) is 0 Å². The summed E-state index contributed by atoms with van der Waals surface area (Å²) >= 11 is 0. The Morgan fingerprint density at radius 3 is 2.78 bits per heavy atom. The molecule has 5 nitrogen and oxygen atoms in total. The summed E-state index contributed by atoms with van der Waals surface area (Å²) in [7, 11) is 0. The molecule has 2 atom stereocenters. The maximum Gasteiger partial charge on any atom is 0.319 e. The average molecular weight is 249 g/mol. The summed E-state index contributed by atoms with van der Waals surface area (Å²) in [6, 6.07) is 7.07. The molecule has 1 aromatic carbocycles. The summed E-state index contributed by atoms with van der Waals surface area (Å²) in [6.45, 7) is 2.72. The van der Waals surface area contributed by atoms with Gasteiger partial charge in [0.25, 0.3) is 0 Å². The van der Waals surface area contributed by atoms with Gasteiger partial charge in [-0.1, -0.05) is 0 Å². The third-order valence-electron chi connectivity index (χ3n) is 2.99. The van der Waals surface area contributed by atoms with Crippen molar-refractivity contribution in [2.45, 2.75) is 31.9 Å². The number of urea groups is 1. The Hall–Kier alpha value is -1.75. The number of benzene rings is 1. The van der Waals surface area contributed by atoms with Gasteiger partial charge in [0, 0.05) is 24.0 Å². The van der Waals surface area contributed by atoms with Gasteiger partial charge in [-0.25, -0.2) is 4.79 Å². The molecule has 4 N–H and O–H groups in total. The molecule has 2 amide bonds. The lowest BCUT2D eigenvalue weighted by Gasteiger charge is -2.27. The Balaban J connectivity index is 1.83. The van der Waals surface area contributed by atoms with Crippen LogP contribution in [0.3, 0.4) is 0 Å². The molecule has 18 heavy (non-hydrogen) atoms. The molecule has 1 aliphatic heterocycles. The van der Waals surface area contributed by atoms with Crippen LogP contribution in [0.25, 0.3) is 0 Å². The van der Waals surface area contributed by atoms with E-state index in [1.54, 1.807) is 24.3 Å². The predicted octanol–water partition coefficient (Wildman–Crippen LogP) is 1.96. The number of carbonyl (C=O) groups is 1. The fourth-order valence-electron chi connectivity index (χ4n) is 2.05. The Kier molecular flexibility index (Phi) is 4.04. The average Bonchev–Trinajstić information content (AvgIpc) is 2.32. The van der Waals surface area contributed by atoms with Crippen molar-refractivity contribution in [1.29, 1.82) is 0 Å². The van der Waals surface area contributed by atoms with Crippen LogP contribution in [0.1, 0.15) is 19.8 Å². The Morgan fingerprint density at radius 2 is 2.11 bits per heavy atom. The molecule has 1 fully saturated rings. The Morgan fingerprint density at radius 1 is 1.39 bits per heavy atom. The van der Waals surface area contributed by atoms with E-state index in [-0.39, 0.29) is 18.2 Å². The molecule has 0 bridgehead atoms. The molecule has 0 aliphatic carbocycles. The lowest BCUT2D eigenvalue weighted by Crippen LogP contribution is -2.43. The van der Waals surface area contributed by atoms with Gasteiger partial charge in [-0.2, -0.15) is 0 Å². The number of nitrogens with one attached hydrogen (secondary N) is 2. The van der Waals surface area contributed by atoms with Crippen LogP contribution in [0, 0.1) is 0 Å². The zero-order valence-corrected chi connectivity index (χ0v) is 10.5. The molecule has 0 aromatic heterocycles. The number of nitrogen functional groups attached to an aromatic ring is 1. The minimum atomic E-state index is -0.182. The number of hydrogen-bond donors (Lipinski definition) is 3. The number of anilines is 2. The molecule has 1 heterocycles. The topological polar surface area (TPSA) is 76.4 Å². The van der Waals surface area contributed by atoms with Gasteiger partial charge in [0.05, 0.1) is 6.10 Å². The fraction of sp³-hybridized carbons (Fsp3) is 0.462. The van der Waals surface area contributed by atoms with Gasteiger partial charge in [-0.15, -0.1) is 0 Å². The molecule has 0 radical (unpaired) electrons. The van der Waals surface area contributed by atoms with Crippen LogP contribution in [-0.2, 0) is 4.74 Å². The van der Waals surface area contributed by atoms with Gasteiger partial charge >= 0.3 is 6.03 Å². The van der Waals surface area contributed by atoms with Crippen molar-refractivity contribution < 1.29 is 9.53 Å². The van der Waals surface area contributed by atoms with Crippen molar-refractivity contribution in [3.8, 4) is 0 Å². The first-order valence-electron chi connectivity index (χ1n) is 6.18. The quantitative estimate of drug-likeness (QED) is 0.701. The molecule has 5 heteroatoms. The number of carbonyl (C=O) groups excluding carboxylic acids is 1. The smallest absolute Gasteiger partial charge is 0.319 e. The fourth-order valence-corrected chi connectivity index (χ4v) is 2.05. The normalized spacial score (nSPS) is 23.4. The summed E-state index contributed by atoms with van der Waals surface area (Å²) < 4.78 is 5.44. The second-order valence-electron chi connectivity index (χ2n) is 4.62. The zero-order valence-electron chi connectivity index (χ0n) is 10.5. The van der Waals surface area contributed by atoms with Gasteiger partial charge in [-0.3, -0.25) is 0 Å². The molecule has 2 rings (SSSR count). The van der Waals surface area contributed by atoms with Crippen LogP contribution in [0.4, 0.5) is 16.2 Å². The number of rotatable bonds is 2. The van der Waals surface area contributed by atoms with E-state index in [0.717, 1.165) is 18.5 Å². The molecule has 0 saturated carbocycles. The highest BCUT2D eigenvalue weighted by Gasteiger charge is 2.20. The predicted molar refractivity (Wildman–Crippen MR) is 71.4 cm³/mol. The van der Waals surface area contributed by atoms with E-state index in [2.05, 4.69) is 10.6 Å². The molecule has 1 saturated heterocycles. The highest BCUT2D eigenvalue weighted by Crippen LogP contribution is 2.14. The van der Waals surface area contributed by atoms with Gasteiger partial charge < -0.3 is 21.1 Å². The number of hydrogen-bond acceptors (Lipinski definition) is 3. The lowest BCUT2D eigenvalue weighted by molar-refractivity contribution is 0.0157. The van der Waals surface area contributed by atoms with Crippen molar-refractivity contribution in [2.24, 2.45) is 0 Å². The van der Waals surface area contributed by atoms with E-state index >= 15 is 0 Å². The van der Waals surface area contributed by atoms with Crippen LogP contribution in [0.15, 0.2) is 24.3 Å². The summed E-state index contributed by atoms with van der Waals surface area (Å²) in [4.78, 5) is 11.8. The summed E-state index contributed by atoms with van der Waals surface area (Å²) in [5.41, 5.74) is 7.00. The maximum atomic E-state index is 11.8. The third kappa shape index (κ3) is 3.63. The van der Waals surface area contributed by atoms with Crippen molar-refractivity contribution >= 4 is 17.4 Å². The molecular weight excluding hydrogens is 230 g/mol. The van der Waals surface area contributed by atoms with Crippen LogP contribution in [0.2, 0.25) is 0 Å². The first kappa shape index (κ1) is 12.7. The highest BCUT2D eigenvalue weighted by atomic mass is 16.5. The molecular formula is C13H19N3O2. The first-order chi connectivity index (χ1) is 8.63. The van der Waals surface area contributed by atoms with Crippen molar-refractivity contribution in [3.63, 3.8) is 0 Å². The molecule has 0 spiro atoms. The minimum absolute atomic E-state index is 0.182. The molecule has 2 unspecified atom stereocenters. The Bertz CT molecular complexity index is 405. The second-order valence-corrected chi connectivity index (χ2v) is 4.62.